The van der Waals surface area contributed by atoms with Crippen molar-refractivity contribution < 1.29 is 19.1 Å². The smallest absolute Gasteiger partial charge is 0.260 e. The van der Waals surface area contributed by atoms with Gasteiger partial charge in [0.2, 0.25) is 0 Å². The van der Waals surface area contributed by atoms with Gasteiger partial charge in [-0.25, -0.2) is 0 Å². The molecule has 0 atom stereocenters. The topological polar surface area (TPSA) is 55.8 Å². The molecule has 128 valence electrons. The van der Waals surface area contributed by atoms with Crippen molar-refractivity contribution in [2.45, 2.75) is 13.5 Å². The van der Waals surface area contributed by atoms with Gasteiger partial charge >= 0.3 is 0 Å². The number of nitrogens with zero attached hydrogens (tertiary/aromatic N) is 1. The number of hydrogen-bond acceptors (Lipinski definition) is 5. The fraction of sp³-hybridized carbons (Fsp3) is 0.294. The second-order valence-corrected chi connectivity index (χ2v) is 7.71. The van der Waals surface area contributed by atoms with Gasteiger partial charge in [-0.05, 0) is 53.2 Å². The van der Waals surface area contributed by atoms with Crippen molar-refractivity contribution in [2.75, 3.05) is 20.8 Å². The van der Waals surface area contributed by atoms with Gasteiger partial charge in [-0.15, -0.1) is 11.3 Å². The number of carbonyl (C=O) groups is 2. The van der Waals surface area contributed by atoms with Gasteiger partial charge in [0.25, 0.3) is 5.91 Å². The van der Waals surface area contributed by atoms with E-state index in [9.17, 15) is 9.59 Å². The molecule has 1 amide bonds. The van der Waals surface area contributed by atoms with Crippen molar-refractivity contribution in [1.82, 2.24) is 4.90 Å². The summed E-state index contributed by atoms with van der Waals surface area (Å²) in [6, 6.07) is 8.82. The molecule has 2 rings (SSSR count). The third-order valence-corrected chi connectivity index (χ3v) is 4.98. The Morgan fingerprint density at radius 3 is 2.54 bits per heavy atom. The Balaban J connectivity index is 1.96. The maximum atomic E-state index is 12.2. The lowest BCUT2D eigenvalue weighted by atomic mass is 10.1. The van der Waals surface area contributed by atoms with Gasteiger partial charge in [0, 0.05) is 17.5 Å². The normalized spacial score (nSPS) is 10.3. The number of halogens is 1. The number of rotatable bonds is 7. The van der Waals surface area contributed by atoms with Gasteiger partial charge in [0.05, 0.1) is 17.4 Å². The first kappa shape index (κ1) is 18.5. The predicted octanol–water partition coefficient (Wildman–Crippen LogP) is 3.76. The first-order chi connectivity index (χ1) is 11.4. The van der Waals surface area contributed by atoms with Gasteiger partial charge in [0.1, 0.15) is 0 Å². The number of ether oxygens (including phenoxy) is 2. The van der Waals surface area contributed by atoms with Crippen LogP contribution in [0.25, 0.3) is 0 Å². The highest BCUT2D eigenvalue weighted by atomic mass is 79.9. The van der Waals surface area contributed by atoms with E-state index in [0.717, 1.165) is 8.66 Å². The number of amides is 1. The van der Waals surface area contributed by atoms with Crippen molar-refractivity contribution in [1.29, 1.82) is 0 Å². The second-order valence-electron chi connectivity index (χ2n) is 5.17. The Morgan fingerprint density at radius 1 is 1.21 bits per heavy atom. The molecule has 0 aliphatic heterocycles. The molecule has 0 N–H and O–H groups in total. The average molecular weight is 412 g/mol. The number of ketones is 1. The zero-order valence-corrected chi connectivity index (χ0v) is 16.1. The Morgan fingerprint density at radius 2 is 1.96 bits per heavy atom. The van der Waals surface area contributed by atoms with Gasteiger partial charge in [-0.3, -0.25) is 9.59 Å². The van der Waals surface area contributed by atoms with Crippen LogP contribution in [0.15, 0.2) is 34.1 Å². The van der Waals surface area contributed by atoms with E-state index in [1.807, 2.05) is 12.1 Å². The maximum Gasteiger partial charge on any atom is 0.260 e. The third kappa shape index (κ3) is 4.82. The van der Waals surface area contributed by atoms with Crippen molar-refractivity contribution >= 4 is 39.0 Å². The number of benzene rings is 1. The molecular formula is C17H18BrNO4S. The number of thiophene rings is 1. The Hall–Kier alpha value is -1.86. The van der Waals surface area contributed by atoms with E-state index >= 15 is 0 Å². The zero-order chi connectivity index (χ0) is 17.7. The van der Waals surface area contributed by atoms with Crippen molar-refractivity contribution in [3.8, 4) is 11.5 Å². The quantitative estimate of drug-likeness (QED) is 0.650. The first-order valence-corrected chi connectivity index (χ1v) is 8.81. The van der Waals surface area contributed by atoms with Crippen molar-refractivity contribution in [3.63, 3.8) is 0 Å². The molecule has 0 unspecified atom stereocenters. The van der Waals surface area contributed by atoms with Crippen molar-refractivity contribution in [3.05, 3.63) is 44.6 Å². The fourth-order valence-corrected chi connectivity index (χ4v) is 3.55. The average Bonchev–Trinajstić information content (AvgIpc) is 2.97. The highest BCUT2D eigenvalue weighted by Crippen LogP contribution is 2.28. The molecule has 0 aliphatic rings. The zero-order valence-electron chi connectivity index (χ0n) is 13.7. The molecule has 24 heavy (non-hydrogen) atoms. The Bertz CT molecular complexity index is 744. The lowest BCUT2D eigenvalue weighted by Gasteiger charge is -2.17. The van der Waals surface area contributed by atoms with Crippen LogP contribution < -0.4 is 9.47 Å². The highest BCUT2D eigenvalue weighted by Gasteiger charge is 2.14. The van der Waals surface area contributed by atoms with Gasteiger partial charge in [-0.2, -0.15) is 0 Å². The standard InChI is InChI=1S/C17H18BrNO4S/c1-11(20)12-4-6-14(15(8-12)22-3)23-10-17(21)19(2)9-13-5-7-16(18)24-13/h4-8H,9-10H2,1-3H3. The van der Waals surface area contributed by atoms with Crippen LogP contribution in [0, 0.1) is 0 Å². The minimum absolute atomic E-state index is 0.0576. The summed E-state index contributed by atoms with van der Waals surface area (Å²) >= 11 is 4.99. The van der Waals surface area contributed by atoms with E-state index in [4.69, 9.17) is 9.47 Å². The van der Waals surface area contributed by atoms with Crippen LogP contribution in [0.5, 0.6) is 11.5 Å². The minimum Gasteiger partial charge on any atom is -0.493 e. The highest BCUT2D eigenvalue weighted by molar-refractivity contribution is 9.11. The molecule has 7 heteroatoms. The molecule has 5 nitrogen and oxygen atoms in total. The molecular weight excluding hydrogens is 394 g/mol. The lowest BCUT2D eigenvalue weighted by Crippen LogP contribution is -2.30. The summed E-state index contributed by atoms with van der Waals surface area (Å²) in [6.07, 6.45) is 0. The number of hydrogen-bond donors (Lipinski definition) is 0. The monoisotopic (exact) mass is 411 g/mol. The second kappa shape index (κ2) is 8.30. The molecule has 0 fully saturated rings. The molecule has 0 aliphatic carbocycles. The predicted molar refractivity (Wildman–Crippen MR) is 97.0 cm³/mol. The molecule has 0 radical (unpaired) electrons. The van der Waals surface area contributed by atoms with Gasteiger partial charge in [-0.1, -0.05) is 0 Å². The van der Waals surface area contributed by atoms with E-state index in [-0.39, 0.29) is 18.3 Å². The number of carbonyl (C=O) groups excluding carboxylic acids is 2. The summed E-state index contributed by atoms with van der Waals surface area (Å²) in [6.45, 7) is 1.91. The summed E-state index contributed by atoms with van der Waals surface area (Å²) in [5.41, 5.74) is 0.533. The van der Waals surface area contributed by atoms with Crippen molar-refractivity contribution in [2.24, 2.45) is 0 Å². The van der Waals surface area contributed by atoms with Gasteiger partial charge < -0.3 is 14.4 Å². The van der Waals surface area contributed by atoms with Crippen LogP contribution in [0.2, 0.25) is 0 Å². The van der Waals surface area contributed by atoms with Crippen LogP contribution >= 0.6 is 27.3 Å². The number of Topliss-reactive ketones (excluding diaryl/α,β-unsaturated/α-hetero) is 1. The van der Waals surface area contributed by atoms with E-state index in [0.29, 0.717) is 23.6 Å². The molecule has 2 aromatic rings. The molecule has 0 saturated heterocycles. The molecule has 0 saturated carbocycles. The molecule has 0 bridgehead atoms. The summed E-state index contributed by atoms with van der Waals surface area (Å²) in [5.74, 6) is 0.665. The van der Waals surface area contributed by atoms with Crippen LogP contribution in [0.1, 0.15) is 22.2 Å². The summed E-state index contributed by atoms with van der Waals surface area (Å²) < 4.78 is 11.8. The van der Waals surface area contributed by atoms with Crippen LogP contribution in [0.3, 0.4) is 0 Å². The van der Waals surface area contributed by atoms with Gasteiger partial charge in [0.15, 0.2) is 23.9 Å². The van der Waals surface area contributed by atoms with Crippen LogP contribution in [-0.4, -0.2) is 37.4 Å². The Kier molecular flexibility index (Phi) is 6.39. The Labute approximate surface area is 153 Å². The number of methoxy groups -OCH3 is 1. The largest absolute Gasteiger partial charge is 0.493 e. The number of likely N-dealkylation sites (N-methyl/N-ethyl adjacent to an activating group) is 1. The van der Waals surface area contributed by atoms with E-state index in [2.05, 4.69) is 15.9 Å². The third-order valence-electron chi connectivity index (χ3n) is 3.37. The summed E-state index contributed by atoms with van der Waals surface area (Å²) in [5, 5.41) is 0. The summed E-state index contributed by atoms with van der Waals surface area (Å²) in [4.78, 5) is 26.3. The van der Waals surface area contributed by atoms with Crippen LogP contribution in [0.4, 0.5) is 0 Å². The first-order valence-electron chi connectivity index (χ1n) is 7.20. The van der Waals surface area contributed by atoms with Crippen LogP contribution in [-0.2, 0) is 11.3 Å². The molecule has 1 aromatic heterocycles. The summed E-state index contributed by atoms with van der Waals surface area (Å²) in [7, 11) is 3.23. The maximum absolute atomic E-state index is 12.2. The minimum atomic E-state index is -0.141. The SMILES string of the molecule is COc1cc(C(C)=O)ccc1OCC(=O)N(C)Cc1ccc(Br)s1. The van der Waals surface area contributed by atoms with E-state index in [1.54, 1.807) is 41.5 Å². The van der Waals surface area contributed by atoms with E-state index in [1.165, 1.54) is 14.0 Å². The van der Waals surface area contributed by atoms with E-state index < -0.39 is 0 Å². The lowest BCUT2D eigenvalue weighted by molar-refractivity contribution is -0.132. The fourth-order valence-electron chi connectivity index (χ4n) is 2.01. The molecule has 0 spiro atoms. The molecule has 1 heterocycles. The molecule has 1 aromatic carbocycles.